The molecule has 0 radical (unpaired) electrons. The number of nitrogens with one attached hydrogen (secondary N) is 1. The minimum absolute atomic E-state index is 0. The summed E-state index contributed by atoms with van der Waals surface area (Å²) >= 11 is 6.02. The van der Waals surface area contributed by atoms with Crippen molar-refractivity contribution in [1.29, 1.82) is 0 Å². The number of aryl methyl sites for hydroxylation is 1. The summed E-state index contributed by atoms with van der Waals surface area (Å²) in [6, 6.07) is 7.25. The molecule has 1 saturated heterocycles. The van der Waals surface area contributed by atoms with Crippen molar-refractivity contribution >= 4 is 53.1 Å². The van der Waals surface area contributed by atoms with Crippen molar-refractivity contribution < 1.29 is 9.32 Å². The van der Waals surface area contributed by atoms with Crippen LogP contribution in [0.3, 0.4) is 0 Å². The molecule has 10 nitrogen and oxygen atoms in total. The van der Waals surface area contributed by atoms with Gasteiger partial charge in [0.15, 0.2) is 5.96 Å². The molecule has 0 saturated carbocycles. The largest absolute Gasteiger partial charge is 0.347 e. The molecular formula is C19H22ClIN8O2. The number of piperazine rings is 1. The van der Waals surface area contributed by atoms with E-state index in [-0.39, 0.29) is 43.0 Å². The minimum atomic E-state index is -0.0155. The molecule has 4 rings (SSSR count). The Kier molecular flexibility index (Phi) is 7.49. The summed E-state index contributed by atoms with van der Waals surface area (Å²) < 4.78 is 6.99. The molecule has 1 fully saturated rings. The Labute approximate surface area is 201 Å². The van der Waals surface area contributed by atoms with Crippen LogP contribution in [0.1, 0.15) is 5.89 Å². The fourth-order valence-corrected chi connectivity index (χ4v) is 3.42. The van der Waals surface area contributed by atoms with E-state index >= 15 is 0 Å². The van der Waals surface area contributed by atoms with Crippen LogP contribution in [0.5, 0.6) is 0 Å². The van der Waals surface area contributed by atoms with Gasteiger partial charge in [-0.1, -0.05) is 28.9 Å². The Morgan fingerprint density at radius 3 is 2.87 bits per heavy atom. The van der Waals surface area contributed by atoms with Crippen molar-refractivity contribution in [2.75, 3.05) is 31.6 Å². The highest BCUT2D eigenvalue weighted by atomic mass is 127. The molecule has 1 aliphatic heterocycles. The van der Waals surface area contributed by atoms with Crippen molar-refractivity contribution in [3.63, 3.8) is 0 Å². The zero-order chi connectivity index (χ0) is 21.1. The molecule has 2 aromatic heterocycles. The van der Waals surface area contributed by atoms with Crippen LogP contribution in [-0.4, -0.2) is 63.4 Å². The third kappa shape index (κ3) is 5.34. The second-order valence-corrected chi connectivity index (χ2v) is 7.20. The Bertz CT molecular complexity index is 1080. The zero-order valence-electron chi connectivity index (χ0n) is 17.0. The first-order chi connectivity index (χ1) is 14.5. The number of anilines is 1. The number of rotatable bonds is 4. The van der Waals surface area contributed by atoms with Gasteiger partial charge in [0.2, 0.25) is 17.6 Å². The summed E-state index contributed by atoms with van der Waals surface area (Å²) in [6.07, 6.45) is 3.52. The number of aliphatic imine (C=N–C) groups is 1. The summed E-state index contributed by atoms with van der Waals surface area (Å²) in [7, 11) is 3.50. The zero-order valence-corrected chi connectivity index (χ0v) is 20.1. The highest BCUT2D eigenvalue weighted by molar-refractivity contribution is 14.0. The van der Waals surface area contributed by atoms with Gasteiger partial charge < -0.3 is 19.6 Å². The number of hydrogen-bond donors (Lipinski definition) is 1. The topological polar surface area (TPSA) is 105 Å². The molecule has 1 N–H and O–H groups in total. The maximum absolute atomic E-state index is 12.6. The van der Waals surface area contributed by atoms with E-state index in [1.54, 1.807) is 35.0 Å². The number of aromatic nitrogens is 4. The standard InChI is InChI=1S/C19H21ClN8O2.HI/c1-21-19(27-6-7-28(17(29)12-27)15-9-23-26(2)11-15)22-10-16-24-18(25-30-16)13-4-3-5-14(20)8-13;/h3-5,8-9,11H,6-7,10,12H2,1-2H3,(H,21,22);1H. The number of carbonyl (C=O) groups excluding carboxylic acids is 1. The number of nitrogens with zero attached hydrogens (tertiary/aromatic N) is 7. The summed E-state index contributed by atoms with van der Waals surface area (Å²) in [4.78, 5) is 24.9. The van der Waals surface area contributed by atoms with Crippen molar-refractivity contribution in [3.8, 4) is 11.4 Å². The molecule has 0 unspecified atom stereocenters. The Morgan fingerprint density at radius 1 is 1.35 bits per heavy atom. The Morgan fingerprint density at radius 2 is 2.19 bits per heavy atom. The van der Waals surface area contributed by atoms with Gasteiger partial charge in [-0.3, -0.25) is 14.5 Å². The second-order valence-electron chi connectivity index (χ2n) is 6.76. The SMILES string of the molecule is CN=C(NCc1nc(-c2cccc(Cl)c2)no1)N1CCN(c2cnn(C)c2)C(=O)C1.I. The molecule has 0 bridgehead atoms. The van der Waals surface area contributed by atoms with Gasteiger partial charge >= 0.3 is 0 Å². The summed E-state index contributed by atoms with van der Waals surface area (Å²) in [5.41, 5.74) is 1.57. The predicted molar refractivity (Wildman–Crippen MR) is 127 cm³/mol. The Balaban J connectivity index is 0.00000272. The first-order valence-electron chi connectivity index (χ1n) is 9.36. The lowest BCUT2D eigenvalue weighted by atomic mass is 10.2. The lowest BCUT2D eigenvalue weighted by Crippen LogP contribution is -2.55. The monoisotopic (exact) mass is 556 g/mol. The van der Waals surface area contributed by atoms with Crippen LogP contribution in [0.25, 0.3) is 11.4 Å². The summed E-state index contributed by atoms with van der Waals surface area (Å²) in [5.74, 6) is 1.45. The summed E-state index contributed by atoms with van der Waals surface area (Å²) in [5, 5.41) is 11.9. The van der Waals surface area contributed by atoms with Gasteiger partial charge in [0, 0.05) is 44.0 Å². The van der Waals surface area contributed by atoms with E-state index in [0.717, 1.165) is 11.3 Å². The number of hydrogen-bond acceptors (Lipinski definition) is 6. The first-order valence-corrected chi connectivity index (χ1v) is 9.74. The van der Waals surface area contributed by atoms with E-state index in [0.29, 0.717) is 35.8 Å². The highest BCUT2D eigenvalue weighted by Gasteiger charge is 2.27. The van der Waals surface area contributed by atoms with Gasteiger partial charge in [-0.2, -0.15) is 10.1 Å². The molecule has 3 aromatic rings. The lowest BCUT2D eigenvalue weighted by Gasteiger charge is -2.35. The third-order valence-corrected chi connectivity index (χ3v) is 4.92. The van der Waals surface area contributed by atoms with Gasteiger partial charge in [0.25, 0.3) is 0 Å². The van der Waals surface area contributed by atoms with Crippen LogP contribution < -0.4 is 10.2 Å². The van der Waals surface area contributed by atoms with Crippen molar-refractivity contribution in [2.45, 2.75) is 6.54 Å². The van der Waals surface area contributed by atoms with E-state index in [9.17, 15) is 4.79 Å². The van der Waals surface area contributed by atoms with Crippen LogP contribution in [-0.2, 0) is 18.4 Å². The Hall–Kier alpha value is -2.67. The first kappa shape index (κ1) is 23.0. The lowest BCUT2D eigenvalue weighted by molar-refractivity contribution is -0.120. The quantitative estimate of drug-likeness (QED) is 0.298. The average Bonchev–Trinajstić information content (AvgIpc) is 3.38. The van der Waals surface area contributed by atoms with Crippen LogP contribution >= 0.6 is 35.6 Å². The number of guanidine groups is 1. The van der Waals surface area contributed by atoms with Gasteiger partial charge in [-0.25, -0.2) is 0 Å². The molecule has 1 aliphatic rings. The maximum atomic E-state index is 12.6. The third-order valence-electron chi connectivity index (χ3n) is 4.68. The number of halogens is 2. The minimum Gasteiger partial charge on any atom is -0.347 e. The smallest absolute Gasteiger partial charge is 0.246 e. The number of benzene rings is 1. The van der Waals surface area contributed by atoms with Crippen molar-refractivity contribution in [2.24, 2.45) is 12.0 Å². The van der Waals surface area contributed by atoms with Crippen LogP contribution in [0.2, 0.25) is 5.02 Å². The van der Waals surface area contributed by atoms with Gasteiger partial charge in [0.05, 0.1) is 18.4 Å². The fourth-order valence-electron chi connectivity index (χ4n) is 3.23. The molecule has 1 aromatic carbocycles. The maximum Gasteiger partial charge on any atom is 0.246 e. The fraction of sp³-hybridized carbons (Fsp3) is 0.316. The molecule has 0 spiro atoms. The van der Waals surface area contributed by atoms with E-state index < -0.39 is 0 Å². The van der Waals surface area contributed by atoms with E-state index in [1.165, 1.54) is 0 Å². The predicted octanol–water partition coefficient (Wildman–Crippen LogP) is 2.17. The molecule has 1 amide bonds. The average molecular weight is 557 g/mol. The molecule has 31 heavy (non-hydrogen) atoms. The van der Waals surface area contributed by atoms with E-state index in [1.807, 2.05) is 30.3 Å². The second kappa shape index (κ2) is 10.1. The van der Waals surface area contributed by atoms with E-state index in [4.69, 9.17) is 16.1 Å². The van der Waals surface area contributed by atoms with Gasteiger partial charge in [0.1, 0.15) is 6.54 Å². The molecule has 164 valence electrons. The number of amides is 1. The van der Waals surface area contributed by atoms with Crippen molar-refractivity contribution in [1.82, 2.24) is 30.1 Å². The molecule has 3 heterocycles. The van der Waals surface area contributed by atoms with Crippen LogP contribution in [0, 0.1) is 0 Å². The molecule has 0 aliphatic carbocycles. The van der Waals surface area contributed by atoms with E-state index in [2.05, 4.69) is 25.5 Å². The molecule has 12 heteroatoms. The highest BCUT2D eigenvalue weighted by Crippen LogP contribution is 2.20. The molecule has 0 atom stereocenters. The van der Waals surface area contributed by atoms with Crippen LogP contribution in [0.4, 0.5) is 5.69 Å². The van der Waals surface area contributed by atoms with Gasteiger partial charge in [-0.15, -0.1) is 24.0 Å². The molecular weight excluding hydrogens is 535 g/mol. The normalized spacial score (nSPS) is 14.5. The number of carbonyl (C=O) groups is 1. The van der Waals surface area contributed by atoms with Crippen LogP contribution in [0.15, 0.2) is 46.2 Å². The summed E-state index contributed by atoms with van der Waals surface area (Å²) in [6.45, 7) is 1.69. The van der Waals surface area contributed by atoms with Gasteiger partial charge in [-0.05, 0) is 12.1 Å². The van der Waals surface area contributed by atoms with Crippen molar-refractivity contribution in [3.05, 3.63) is 47.6 Å².